The predicted octanol–water partition coefficient (Wildman–Crippen LogP) is 1.86. The highest BCUT2D eigenvalue weighted by Gasteiger charge is 2.07. The van der Waals surface area contributed by atoms with E-state index in [1.807, 2.05) is 12.2 Å². The van der Waals surface area contributed by atoms with Crippen molar-refractivity contribution in [3.8, 4) is 0 Å². The van der Waals surface area contributed by atoms with Crippen molar-refractivity contribution in [3.63, 3.8) is 0 Å². The lowest BCUT2D eigenvalue weighted by Crippen LogP contribution is -1.97. The summed E-state index contributed by atoms with van der Waals surface area (Å²) >= 11 is 1.62. The maximum atomic E-state index is 3.68. The zero-order valence-corrected chi connectivity index (χ0v) is 6.00. The average molecular weight is 139 g/mol. The Labute approximate surface area is 59.7 Å². The molecule has 0 aromatic heterocycles. The first-order valence-electron chi connectivity index (χ1n) is 2.76. The fourth-order valence-corrected chi connectivity index (χ4v) is 1.44. The van der Waals surface area contributed by atoms with Crippen LogP contribution in [0.25, 0.3) is 0 Å². The molecular weight excluding hydrogens is 130 g/mol. The van der Waals surface area contributed by atoms with Crippen LogP contribution in [-0.4, -0.2) is 6.54 Å². The second kappa shape index (κ2) is 2.90. The number of nitrogens with one attached hydrogen (secondary N) is 1. The molecule has 2 heteroatoms. The Morgan fingerprint density at radius 1 is 1.44 bits per heavy atom. The van der Waals surface area contributed by atoms with Crippen LogP contribution in [-0.2, 0) is 0 Å². The summed E-state index contributed by atoms with van der Waals surface area (Å²) in [4.78, 5) is 1.20. The smallest absolute Gasteiger partial charge is 0.0324 e. The van der Waals surface area contributed by atoms with Crippen molar-refractivity contribution < 1.29 is 0 Å². The summed E-state index contributed by atoms with van der Waals surface area (Å²) in [6.45, 7) is 8.27. The summed E-state index contributed by atoms with van der Waals surface area (Å²) < 4.78 is 3.12. The van der Waals surface area contributed by atoms with Gasteiger partial charge in [0.25, 0.3) is 0 Å². The fraction of sp³-hybridized carbons (Fsp3) is 0.143. The Bertz CT molecular complexity index is 152. The molecule has 1 nitrogen and oxygen atoms in total. The van der Waals surface area contributed by atoms with Crippen molar-refractivity contribution in [3.05, 3.63) is 35.8 Å². The van der Waals surface area contributed by atoms with Crippen molar-refractivity contribution in [2.75, 3.05) is 6.54 Å². The van der Waals surface area contributed by atoms with E-state index >= 15 is 0 Å². The molecule has 0 radical (unpaired) electrons. The minimum absolute atomic E-state index is 0.912. The highest BCUT2D eigenvalue weighted by atomic mass is 32.2. The molecule has 0 aromatic carbocycles. The Morgan fingerprint density at radius 2 is 2.22 bits per heavy atom. The zero-order valence-electron chi connectivity index (χ0n) is 5.18. The molecule has 0 fully saturated rings. The molecule has 0 aromatic rings. The molecule has 1 N–H and O–H groups in total. The molecule has 0 atom stereocenters. The van der Waals surface area contributed by atoms with Crippen LogP contribution in [0.3, 0.4) is 0 Å². The van der Waals surface area contributed by atoms with Gasteiger partial charge in [0.2, 0.25) is 0 Å². The van der Waals surface area contributed by atoms with Gasteiger partial charge in [0.1, 0.15) is 0 Å². The van der Waals surface area contributed by atoms with Crippen LogP contribution in [0.15, 0.2) is 35.8 Å². The predicted molar refractivity (Wildman–Crippen MR) is 43.0 cm³/mol. The third-order valence-corrected chi connectivity index (χ3v) is 2.13. The van der Waals surface area contributed by atoms with E-state index in [0.29, 0.717) is 0 Å². The molecule has 48 valence electrons. The maximum Gasteiger partial charge on any atom is 0.0324 e. The third kappa shape index (κ3) is 1.26. The van der Waals surface area contributed by atoms with E-state index in [1.54, 1.807) is 11.9 Å². The SMILES string of the molecule is C=CC1=C(C=C)SNC1. The third-order valence-electron chi connectivity index (χ3n) is 1.19. The zero-order chi connectivity index (χ0) is 6.69. The first-order valence-corrected chi connectivity index (χ1v) is 3.58. The van der Waals surface area contributed by atoms with Gasteiger partial charge in [-0.15, -0.1) is 0 Å². The van der Waals surface area contributed by atoms with E-state index in [0.717, 1.165) is 6.54 Å². The minimum Gasteiger partial charge on any atom is -0.255 e. The summed E-state index contributed by atoms with van der Waals surface area (Å²) in [5.41, 5.74) is 1.25. The van der Waals surface area contributed by atoms with E-state index in [1.165, 1.54) is 10.5 Å². The molecule has 0 bridgehead atoms. The Kier molecular flexibility index (Phi) is 2.14. The lowest BCUT2D eigenvalue weighted by Gasteiger charge is -1.88. The van der Waals surface area contributed by atoms with Crippen molar-refractivity contribution in [2.45, 2.75) is 0 Å². The van der Waals surface area contributed by atoms with E-state index in [2.05, 4.69) is 17.9 Å². The van der Waals surface area contributed by atoms with Crippen molar-refractivity contribution in [1.29, 1.82) is 0 Å². The van der Waals surface area contributed by atoms with Gasteiger partial charge in [-0.2, -0.15) is 0 Å². The Balaban J connectivity index is 2.81. The van der Waals surface area contributed by atoms with Crippen LogP contribution in [0.4, 0.5) is 0 Å². The fourth-order valence-electron chi connectivity index (χ4n) is 0.690. The Morgan fingerprint density at radius 3 is 2.67 bits per heavy atom. The molecule has 1 aliphatic rings. The quantitative estimate of drug-likeness (QED) is 0.586. The van der Waals surface area contributed by atoms with Gasteiger partial charge in [-0.3, -0.25) is 4.72 Å². The molecule has 0 amide bonds. The molecule has 1 heterocycles. The summed E-state index contributed by atoms with van der Waals surface area (Å²) in [5.74, 6) is 0. The summed E-state index contributed by atoms with van der Waals surface area (Å²) in [6, 6.07) is 0. The monoisotopic (exact) mass is 139 g/mol. The molecule has 0 spiro atoms. The number of rotatable bonds is 2. The van der Waals surface area contributed by atoms with E-state index < -0.39 is 0 Å². The lowest BCUT2D eigenvalue weighted by molar-refractivity contribution is 1.11. The summed E-state index contributed by atoms with van der Waals surface area (Å²) in [7, 11) is 0. The van der Waals surface area contributed by atoms with Crippen LogP contribution in [0.2, 0.25) is 0 Å². The molecule has 1 aliphatic heterocycles. The van der Waals surface area contributed by atoms with Crippen molar-refractivity contribution >= 4 is 11.9 Å². The first kappa shape index (κ1) is 6.65. The number of hydrogen-bond acceptors (Lipinski definition) is 2. The summed E-state index contributed by atoms with van der Waals surface area (Å²) in [5, 5.41) is 0. The molecular formula is C7H9NS. The van der Waals surface area contributed by atoms with Crippen molar-refractivity contribution in [1.82, 2.24) is 4.72 Å². The molecule has 9 heavy (non-hydrogen) atoms. The minimum atomic E-state index is 0.912. The normalized spacial score (nSPS) is 18.2. The van der Waals surface area contributed by atoms with Gasteiger partial charge in [0.15, 0.2) is 0 Å². The average Bonchev–Trinajstić information content (AvgIpc) is 2.33. The van der Waals surface area contributed by atoms with E-state index in [9.17, 15) is 0 Å². The molecule has 0 saturated carbocycles. The highest BCUT2D eigenvalue weighted by molar-refractivity contribution is 8.01. The van der Waals surface area contributed by atoms with Gasteiger partial charge in [-0.1, -0.05) is 25.3 Å². The topological polar surface area (TPSA) is 12.0 Å². The second-order valence-electron chi connectivity index (χ2n) is 1.72. The maximum absolute atomic E-state index is 3.68. The number of allylic oxidation sites excluding steroid dienone is 1. The van der Waals surface area contributed by atoms with Crippen LogP contribution in [0.1, 0.15) is 0 Å². The second-order valence-corrected chi connectivity index (χ2v) is 2.65. The van der Waals surface area contributed by atoms with Crippen LogP contribution in [0.5, 0.6) is 0 Å². The van der Waals surface area contributed by atoms with Crippen LogP contribution in [0, 0.1) is 0 Å². The van der Waals surface area contributed by atoms with Gasteiger partial charge in [0.05, 0.1) is 0 Å². The molecule has 0 aliphatic carbocycles. The van der Waals surface area contributed by atoms with Crippen LogP contribution >= 0.6 is 11.9 Å². The highest BCUT2D eigenvalue weighted by Crippen LogP contribution is 2.24. The van der Waals surface area contributed by atoms with Crippen molar-refractivity contribution in [2.24, 2.45) is 0 Å². The molecule has 1 rings (SSSR count). The van der Waals surface area contributed by atoms with Gasteiger partial charge in [-0.25, -0.2) is 0 Å². The molecule has 0 saturated heterocycles. The standard InChI is InChI=1S/C7H9NS/c1-3-6-5-8-9-7(6)4-2/h3-4,8H,1-2,5H2. The van der Waals surface area contributed by atoms with E-state index in [4.69, 9.17) is 0 Å². The summed E-state index contributed by atoms with van der Waals surface area (Å²) in [6.07, 6.45) is 3.71. The van der Waals surface area contributed by atoms with Crippen LogP contribution < -0.4 is 4.72 Å². The van der Waals surface area contributed by atoms with E-state index in [-0.39, 0.29) is 0 Å². The van der Waals surface area contributed by atoms with Gasteiger partial charge in [-0.05, 0) is 17.5 Å². The lowest BCUT2D eigenvalue weighted by atomic mass is 10.2. The Hall–Kier alpha value is -0.470. The van der Waals surface area contributed by atoms with Gasteiger partial charge >= 0.3 is 0 Å². The van der Waals surface area contributed by atoms with Gasteiger partial charge in [0, 0.05) is 11.4 Å². The van der Waals surface area contributed by atoms with Gasteiger partial charge < -0.3 is 0 Å². The first-order chi connectivity index (χ1) is 4.38. The molecule has 0 unspecified atom stereocenters. The number of hydrogen-bond donors (Lipinski definition) is 1. The largest absolute Gasteiger partial charge is 0.255 e.